The first-order valence-corrected chi connectivity index (χ1v) is 4.42. The van der Waals surface area contributed by atoms with Gasteiger partial charge in [0.05, 0.1) is 18.8 Å². The number of aromatic nitrogens is 2. The summed E-state index contributed by atoms with van der Waals surface area (Å²) in [4.78, 5) is 4.14. The third kappa shape index (κ3) is 1.24. The molecule has 0 spiro atoms. The third-order valence-electron chi connectivity index (χ3n) is 2.13. The van der Waals surface area contributed by atoms with Crippen molar-refractivity contribution in [2.24, 2.45) is 5.73 Å². The Morgan fingerprint density at radius 3 is 3.00 bits per heavy atom. The molecule has 2 aromatic rings. The topological polar surface area (TPSA) is 53.1 Å². The molecule has 0 saturated heterocycles. The summed E-state index contributed by atoms with van der Waals surface area (Å²) in [7, 11) is 1.62. The highest BCUT2D eigenvalue weighted by Gasteiger charge is 2.09. The number of methoxy groups -OCH3 is 1. The van der Waals surface area contributed by atoms with Crippen molar-refractivity contribution < 1.29 is 4.74 Å². The number of fused-ring (bicyclic) bond motifs is 1. The Bertz CT molecular complexity index is 448. The molecule has 1 aromatic heterocycles. The zero-order valence-electron chi connectivity index (χ0n) is 8.19. The number of para-hydroxylation sites is 1. The molecule has 2 N–H and O–H groups in total. The molecule has 0 aliphatic rings. The fourth-order valence-corrected chi connectivity index (χ4v) is 1.45. The molecule has 1 heterocycles. The van der Waals surface area contributed by atoms with Crippen molar-refractivity contribution in [3.05, 3.63) is 24.5 Å². The zero-order valence-corrected chi connectivity index (χ0v) is 8.19. The summed E-state index contributed by atoms with van der Waals surface area (Å²) in [6, 6.07) is 5.73. The maximum Gasteiger partial charge on any atom is 0.179 e. The maximum atomic E-state index is 5.77. The molecule has 0 saturated carbocycles. The van der Waals surface area contributed by atoms with Gasteiger partial charge in [-0.2, -0.15) is 0 Å². The number of imidazole rings is 1. The molecule has 2 rings (SSSR count). The first kappa shape index (κ1) is 9.02. The zero-order chi connectivity index (χ0) is 10.1. The number of nitrogens with zero attached hydrogens (tertiary/aromatic N) is 2. The molecule has 73 valence electrons. The van der Waals surface area contributed by atoms with E-state index in [0.29, 0.717) is 0 Å². The van der Waals surface area contributed by atoms with Crippen molar-refractivity contribution in [3.8, 4) is 5.75 Å². The van der Waals surface area contributed by atoms with E-state index >= 15 is 0 Å². The molecule has 0 amide bonds. The summed E-state index contributed by atoms with van der Waals surface area (Å²) in [6.45, 7) is 1.89. The molecule has 1 radical (unpaired) electrons. The molecule has 4 nitrogen and oxygen atoms in total. The summed E-state index contributed by atoms with van der Waals surface area (Å²) >= 11 is 0. The van der Waals surface area contributed by atoms with Crippen molar-refractivity contribution in [1.29, 1.82) is 0 Å². The second-order valence-corrected chi connectivity index (χ2v) is 3.15. The van der Waals surface area contributed by atoms with Gasteiger partial charge in [0.15, 0.2) is 6.33 Å². The van der Waals surface area contributed by atoms with E-state index in [1.165, 1.54) is 0 Å². The largest absolute Gasteiger partial charge is 0.494 e. The van der Waals surface area contributed by atoms with E-state index in [1.807, 2.05) is 25.1 Å². The Kier molecular flexibility index (Phi) is 2.13. The lowest BCUT2D eigenvalue weighted by atomic mass is 10.3. The minimum atomic E-state index is -0.132. The van der Waals surface area contributed by atoms with Crippen LogP contribution >= 0.6 is 0 Å². The van der Waals surface area contributed by atoms with Crippen LogP contribution in [-0.2, 0) is 0 Å². The van der Waals surface area contributed by atoms with E-state index in [9.17, 15) is 0 Å². The second kappa shape index (κ2) is 3.31. The van der Waals surface area contributed by atoms with E-state index in [4.69, 9.17) is 10.5 Å². The maximum absolute atomic E-state index is 5.77. The summed E-state index contributed by atoms with van der Waals surface area (Å²) < 4.78 is 6.97. The van der Waals surface area contributed by atoms with Gasteiger partial charge in [-0.15, -0.1) is 0 Å². The van der Waals surface area contributed by atoms with Crippen LogP contribution in [0.5, 0.6) is 5.75 Å². The van der Waals surface area contributed by atoms with Gasteiger partial charge in [-0.1, -0.05) is 6.07 Å². The van der Waals surface area contributed by atoms with Crippen LogP contribution in [0.25, 0.3) is 11.0 Å². The number of ether oxygens (including phenoxy) is 1. The molecule has 0 fully saturated rings. The van der Waals surface area contributed by atoms with Gasteiger partial charge in [-0.3, -0.25) is 0 Å². The normalized spacial score (nSPS) is 13.1. The van der Waals surface area contributed by atoms with Crippen molar-refractivity contribution in [2.75, 3.05) is 7.11 Å². The molecular weight excluding hydrogens is 178 g/mol. The first-order valence-electron chi connectivity index (χ1n) is 4.42. The van der Waals surface area contributed by atoms with Crippen molar-refractivity contribution in [1.82, 2.24) is 9.55 Å². The smallest absolute Gasteiger partial charge is 0.179 e. The van der Waals surface area contributed by atoms with Crippen LogP contribution in [0.15, 0.2) is 18.2 Å². The van der Waals surface area contributed by atoms with Gasteiger partial charge in [-0.05, 0) is 19.1 Å². The van der Waals surface area contributed by atoms with Gasteiger partial charge >= 0.3 is 0 Å². The fourth-order valence-electron chi connectivity index (χ4n) is 1.45. The van der Waals surface area contributed by atoms with E-state index in [-0.39, 0.29) is 6.17 Å². The first-order chi connectivity index (χ1) is 6.74. The van der Waals surface area contributed by atoms with Gasteiger partial charge in [-0.25, -0.2) is 4.98 Å². The summed E-state index contributed by atoms with van der Waals surface area (Å²) in [5, 5.41) is 0. The van der Waals surface area contributed by atoms with Crippen LogP contribution in [0.2, 0.25) is 0 Å². The minimum Gasteiger partial charge on any atom is -0.494 e. The molecule has 1 aromatic carbocycles. The average Bonchev–Trinajstić information content (AvgIpc) is 2.60. The molecular formula is C10H12N3O. The van der Waals surface area contributed by atoms with Crippen molar-refractivity contribution >= 4 is 11.0 Å². The number of rotatable bonds is 2. The van der Waals surface area contributed by atoms with E-state index < -0.39 is 0 Å². The number of hydrogen-bond acceptors (Lipinski definition) is 3. The SMILES string of the molecule is COc1cccc2c1n[c]n2C(C)N. The van der Waals surface area contributed by atoms with Crippen LogP contribution in [0.4, 0.5) is 0 Å². The molecule has 1 atom stereocenters. The summed E-state index contributed by atoms with van der Waals surface area (Å²) in [6.07, 6.45) is 2.72. The van der Waals surface area contributed by atoms with Gasteiger partial charge < -0.3 is 15.0 Å². The van der Waals surface area contributed by atoms with Gasteiger partial charge in [0.25, 0.3) is 0 Å². The minimum absolute atomic E-state index is 0.132. The molecule has 14 heavy (non-hydrogen) atoms. The van der Waals surface area contributed by atoms with E-state index in [1.54, 1.807) is 11.7 Å². The predicted octanol–water partition coefficient (Wildman–Crippen LogP) is 1.32. The van der Waals surface area contributed by atoms with Gasteiger partial charge in [0.2, 0.25) is 0 Å². The monoisotopic (exact) mass is 190 g/mol. The number of hydrogen-bond donors (Lipinski definition) is 1. The van der Waals surface area contributed by atoms with Crippen LogP contribution in [-0.4, -0.2) is 16.7 Å². The Labute approximate surface area is 82.3 Å². The Morgan fingerprint density at radius 1 is 1.57 bits per heavy atom. The van der Waals surface area contributed by atoms with Gasteiger partial charge in [0.1, 0.15) is 11.3 Å². The van der Waals surface area contributed by atoms with Gasteiger partial charge in [0, 0.05) is 0 Å². The van der Waals surface area contributed by atoms with Crippen LogP contribution in [0.1, 0.15) is 13.1 Å². The van der Waals surface area contributed by atoms with Crippen LogP contribution < -0.4 is 10.5 Å². The summed E-state index contributed by atoms with van der Waals surface area (Å²) in [5.41, 5.74) is 7.51. The highest BCUT2D eigenvalue weighted by Crippen LogP contribution is 2.24. The predicted molar refractivity (Wildman–Crippen MR) is 54.0 cm³/mol. The van der Waals surface area contributed by atoms with Crippen molar-refractivity contribution in [2.45, 2.75) is 13.1 Å². The quantitative estimate of drug-likeness (QED) is 0.777. The lowest BCUT2D eigenvalue weighted by Gasteiger charge is -2.07. The second-order valence-electron chi connectivity index (χ2n) is 3.15. The molecule has 4 heteroatoms. The molecule has 1 unspecified atom stereocenters. The fraction of sp³-hybridized carbons (Fsp3) is 0.300. The summed E-state index contributed by atoms with van der Waals surface area (Å²) in [5.74, 6) is 0.748. The number of benzene rings is 1. The average molecular weight is 190 g/mol. The highest BCUT2D eigenvalue weighted by atomic mass is 16.5. The van der Waals surface area contributed by atoms with Crippen LogP contribution in [0.3, 0.4) is 0 Å². The molecule has 0 aliphatic carbocycles. The highest BCUT2D eigenvalue weighted by molar-refractivity contribution is 5.81. The standard InChI is InChI=1S/C10H12N3O/c1-7(11)13-6-12-10-8(13)4-3-5-9(10)14-2/h3-5,7H,11H2,1-2H3. The van der Waals surface area contributed by atoms with E-state index in [0.717, 1.165) is 16.8 Å². The Morgan fingerprint density at radius 2 is 2.36 bits per heavy atom. The molecule has 0 aliphatic heterocycles. The van der Waals surface area contributed by atoms with Crippen molar-refractivity contribution in [3.63, 3.8) is 0 Å². The van der Waals surface area contributed by atoms with Crippen LogP contribution in [0, 0.1) is 6.33 Å². The molecule has 0 bridgehead atoms. The third-order valence-corrected chi connectivity index (χ3v) is 2.13. The van der Waals surface area contributed by atoms with E-state index in [2.05, 4.69) is 11.3 Å². The Hall–Kier alpha value is -1.55. The number of nitrogens with two attached hydrogens (primary N) is 1. The lowest BCUT2D eigenvalue weighted by Crippen LogP contribution is -2.13. The lowest BCUT2D eigenvalue weighted by molar-refractivity contribution is 0.419. The Balaban J connectivity index is 2.69.